The van der Waals surface area contributed by atoms with Gasteiger partial charge in [-0.2, -0.15) is 0 Å². The Morgan fingerprint density at radius 1 is 0.762 bits per heavy atom. The Morgan fingerprint density at radius 3 is 2.02 bits per heavy atom. The summed E-state index contributed by atoms with van der Waals surface area (Å²) in [6, 6.07) is 7.75. The molecule has 3 heterocycles. The number of ether oxygens (including phenoxy) is 3. The number of benzene rings is 2. The van der Waals surface area contributed by atoms with Gasteiger partial charge in [0, 0.05) is 17.7 Å². The summed E-state index contributed by atoms with van der Waals surface area (Å²) in [6.07, 6.45) is -17.4. The van der Waals surface area contributed by atoms with Crippen molar-refractivity contribution in [1.29, 1.82) is 0 Å². The topological polar surface area (TPSA) is 260 Å². The molecule has 15 nitrogen and oxygen atoms in total. The lowest BCUT2D eigenvalue weighted by Crippen LogP contribution is -2.62. The monoisotopic (exact) mass is 594 g/mol. The van der Waals surface area contributed by atoms with Crippen LogP contribution in [0.15, 0.2) is 45.6 Å². The molecule has 0 unspecified atom stereocenters. The van der Waals surface area contributed by atoms with E-state index in [1.807, 2.05) is 0 Å². The Bertz CT molecular complexity index is 1470. The molecule has 0 aliphatic carbocycles. The molecule has 15 heteroatoms. The van der Waals surface area contributed by atoms with Gasteiger partial charge in [-0.25, -0.2) is 0 Å². The van der Waals surface area contributed by atoms with Crippen LogP contribution in [-0.4, -0.2) is 119 Å². The van der Waals surface area contributed by atoms with Crippen molar-refractivity contribution < 1.29 is 69.7 Å². The van der Waals surface area contributed by atoms with Crippen molar-refractivity contribution >= 4 is 11.0 Å². The molecule has 0 spiro atoms. The van der Waals surface area contributed by atoms with Gasteiger partial charge in [0.15, 0.2) is 11.7 Å². The van der Waals surface area contributed by atoms with Gasteiger partial charge in [0.25, 0.3) is 0 Å². The van der Waals surface area contributed by atoms with Crippen molar-refractivity contribution in [1.82, 2.24) is 0 Å². The Balaban J connectivity index is 1.58. The number of hydrogen-bond acceptors (Lipinski definition) is 15. The summed E-state index contributed by atoms with van der Waals surface area (Å²) in [6.45, 7) is -1.62. The summed E-state index contributed by atoms with van der Waals surface area (Å²) in [5.74, 6) is -1.53. The van der Waals surface area contributed by atoms with E-state index in [4.69, 9.17) is 18.6 Å². The molecule has 2 aliphatic heterocycles. The molecule has 3 aromatic rings. The van der Waals surface area contributed by atoms with Crippen LogP contribution < -0.4 is 5.43 Å². The highest BCUT2D eigenvalue weighted by molar-refractivity contribution is 5.88. The molecule has 0 amide bonds. The molecule has 5 rings (SSSR count). The maximum Gasteiger partial charge on any atom is 0.197 e. The third kappa shape index (κ3) is 5.20. The van der Waals surface area contributed by atoms with Gasteiger partial charge in [-0.1, -0.05) is 0 Å². The van der Waals surface area contributed by atoms with E-state index in [9.17, 15) is 55.9 Å². The fraction of sp³-hybridized carbons (Fsp3) is 0.444. The Kier molecular flexibility index (Phi) is 8.41. The first-order valence-electron chi connectivity index (χ1n) is 12.9. The SMILES string of the molecule is O=c1cc(-c2ccc(O)cc2)oc2cc(O)c([C@H]3O[C@H](CO)[C@@H](O)[C@H](O)[C@H]3O[C@H]3O[C@H](CO)[C@@H](O)[C@H](O)[C@H]3O)c(O)c12. The van der Waals surface area contributed by atoms with Crippen LogP contribution in [0.3, 0.4) is 0 Å². The highest BCUT2D eigenvalue weighted by Crippen LogP contribution is 2.46. The first-order chi connectivity index (χ1) is 20.0. The second-order valence-electron chi connectivity index (χ2n) is 10.1. The molecule has 2 aromatic carbocycles. The van der Waals surface area contributed by atoms with E-state index in [-0.39, 0.29) is 17.1 Å². The fourth-order valence-electron chi connectivity index (χ4n) is 5.16. The van der Waals surface area contributed by atoms with Gasteiger partial charge in [-0.15, -0.1) is 0 Å². The van der Waals surface area contributed by atoms with Gasteiger partial charge >= 0.3 is 0 Å². The van der Waals surface area contributed by atoms with Crippen molar-refractivity contribution in [2.75, 3.05) is 13.2 Å². The van der Waals surface area contributed by atoms with Crippen molar-refractivity contribution in [3.63, 3.8) is 0 Å². The molecule has 10 N–H and O–H groups in total. The number of aromatic hydroxyl groups is 3. The minimum atomic E-state index is -1.92. The summed E-state index contributed by atoms with van der Waals surface area (Å²) in [5, 5.41) is 103. The zero-order chi connectivity index (χ0) is 30.5. The van der Waals surface area contributed by atoms with E-state index in [2.05, 4.69) is 0 Å². The molecular formula is C27H30O15. The molecule has 2 fully saturated rings. The van der Waals surface area contributed by atoms with E-state index in [0.717, 1.165) is 12.1 Å². The van der Waals surface area contributed by atoms with Crippen LogP contribution in [-0.2, 0) is 14.2 Å². The van der Waals surface area contributed by atoms with Crippen molar-refractivity contribution in [3.05, 3.63) is 52.2 Å². The van der Waals surface area contributed by atoms with Crippen LogP contribution in [0.2, 0.25) is 0 Å². The normalized spacial score (nSPS) is 33.6. The fourth-order valence-corrected chi connectivity index (χ4v) is 5.16. The summed E-state index contributed by atoms with van der Waals surface area (Å²) in [5.41, 5.74) is -1.10. The van der Waals surface area contributed by atoms with Crippen LogP contribution in [0.1, 0.15) is 11.7 Å². The zero-order valence-corrected chi connectivity index (χ0v) is 21.7. The first kappa shape index (κ1) is 30.1. The quantitative estimate of drug-likeness (QED) is 0.147. The minimum Gasteiger partial charge on any atom is -0.508 e. The number of hydrogen-bond donors (Lipinski definition) is 10. The van der Waals surface area contributed by atoms with Crippen LogP contribution >= 0.6 is 0 Å². The smallest absolute Gasteiger partial charge is 0.197 e. The van der Waals surface area contributed by atoms with Crippen LogP contribution in [0, 0.1) is 0 Å². The van der Waals surface area contributed by atoms with Gasteiger partial charge in [0.2, 0.25) is 0 Å². The maximum absolute atomic E-state index is 13.1. The highest BCUT2D eigenvalue weighted by atomic mass is 16.7. The average molecular weight is 595 g/mol. The number of phenolic OH excluding ortho intramolecular Hbond substituents is 3. The number of rotatable bonds is 6. The molecule has 2 aliphatic rings. The molecule has 1 aromatic heterocycles. The number of phenols is 3. The summed E-state index contributed by atoms with van der Waals surface area (Å²) in [7, 11) is 0. The van der Waals surface area contributed by atoms with E-state index in [0.29, 0.717) is 5.56 Å². The van der Waals surface area contributed by atoms with Crippen LogP contribution in [0.5, 0.6) is 17.2 Å². The van der Waals surface area contributed by atoms with Gasteiger partial charge < -0.3 is 69.7 Å². The number of aliphatic hydroxyl groups excluding tert-OH is 7. The van der Waals surface area contributed by atoms with Crippen LogP contribution in [0.4, 0.5) is 0 Å². The summed E-state index contributed by atoms with van der Waals surface area (Å²) in [4.78, 5) is 13.1. The van der Waals surface area contributed by atoms with Gasteiger partial charge in [-0.3, -0.25) is 4.79 Å². The second kappa shape index (κ2) is 11.7. The Morgan fingerprint density at radius 2 is 1.38 bits per heavy atom. The summed E-state index contributed by atoms with van der Waals surface area (Å²) < 4.78 is 22.4. The van der Waals surface area contributed by atoms with Crippen molar-refractivity contribution in [2.45, 2.75) is 61.2 Å². The minimum absolute atomic E-state index is 0.0247. The lowest BCUT2D eigenvalue weighted by Gasteiger charge is -2.46. The lowest BCUT2D eigenvalue weighted by atomic mass is 9.89. The molecular weight excluding hydrogens is 564 g/mol. The van der Waals surface area contributed by atoms with E-state index in [1.165, 1.54) is 24.3 Å². The maximum atomic E-state index is 13.1. The van der Waals surface area contributed by atoms with Crippen molar-refractivity contribution in [3.8, 4) is 28.6 Å². The van der Waals surface area contributed by atoms with E-state index >= 15 is 0 Å². The largest absolute Gasteiger partial charge is 0.508 e. The third-order valence-corrected chi connectivity index (χ3v) is 7.45. The number of aliphatic hydroxyl groups is 7. The first-order valence-corrected chi connectivity index (χ1v) is 12.9. The lowest BCUT2D eigenvalue weighted by molar-refractivity contribution is -0.342. The molecule has 10 atom stereocenters. The highest BCUT2D eigenvalue weighted by Gasteiger charge is 2.52. The summed E-state index contributed by atoms with van der Waals surface area (Å²) >= 11 is 0. The van der Waals surface area contributed by atoms with Gasteiger partial charge in [-0.05, 0) is 24.3 Å². The predicted octanol–water partition coefficient (Wildman–Crippen LogP) is -2.08. The zero-order valence-electron chi connectivity index (χ0n) is 21.7. The molecule has 228 valence electrons. The van der Waals surface area contributed by atoms with E-state index in [1.54, 1.807) is 0 Å². The van der Waals surface area contributed by atoms with Crippen molar-refractivity contribution in [2.24, 2.45) is 0 Å². The second-order valence-corrected chi connectivity index (χ2v) is 10.1. The molecule has 0 saturated carbocycles. The van der Waals surface area contributed by atoms with E-state index < -0.39 is 102 Å². The standard InChI is InChI=1S/C27H30O15/c28-7-15-20(34)23(37)26(42-27-24(38)22(36)19(33)16(8-29)41-27)25(40-15)18-12(32)6-14-17(21(18)35)11(31)5-13(39-14)9-1-3-10(30)4-2-9/h1-6,15-16,19-20,22-30,32-38H,7-8H2/t15-,16-,19-,20-,22+,23+,24-,25-,26-,27-/m1/s1. The predicted molar refractivity (Wildman–Crippen MR) is 138 cm³/mol. The molecule has 2 saturated heterocycles. The van der Waals surface area contributed by atoms with Gasteiger partial charge in [0.05, 0.1) is 18.8 Å². The number of fused-ring (bicyclic) bond motifs is 1. The Hall–Kier alpha value is -3.35. The van der Waals surface area contributed by atoms with Crippen LogP contribution in [0.25, 0.3) is 22.3 Å². The average Bonchev–Trinajstić information content (AvgIpc) is 2.96. The third-order valence-electron chi connectivity index (χ3n) is 7.45. The molecule has 42 heavy (non-hydrogen) atoms. The molecule has 0 bridgehead atoms. The Labute approximate surface area is 236 Å². The van der Waals surface area contributed by atoms with Gasteiger partial charge in [0.1, 0.15) is 88.9 Å². The molecule has 0 radical (unpaired) electrons.